The van der Waals surface area contributed by atoms with E-state index < -0.39 is 4.32 Å². The van der Waals surface area contributed by atoms with Gasteiger partial charge in [-0.2, -0.15) is 0 Å². The Labute approximate surface area is 127 Å². The van der Waals surface area contributed by atoms with E-state index in [1.54, 1.807) is 13.8 Å². The van der Waals surface area contributed by atoms with Gasteiger partial charge in [0, 0.05) is 24.3 Å². The number of alkyl halides is 1. The van der Waals surface area contributed by atoms with Crippen LogP contribution in [0.5, 0.6) is 0 Å². The summed E-state index contributed by atoms with van der Waals surface area (Å²) in [7, 11) is 0. The molecule has 0 unspecified atom stereocenters. The second-order valence-electron chi connectivity index (χ2n) is 5.58. The minimum atomic E-state index is -0.607. The lowest BCUT2D eigenvalue weighted by Crippen LogP contribution is -2.31. The number of anilines is 2. The summed E-state index contributed by atoms with van der Waals surface area (Å²) in [5.74, 6) is 0.0772. The molecule has 0 saturated carbocycles. The summed E-state index contributed by atoms with van der Waals surface area (Å²) < 4.78 is -0.607. The van der Waals surface area contributed by atoms with Crippen molar-refractivity contribution >= 4 is 39.1 Å². The molecule has 20 heavy (non-hydrogen) atoms. The van der Waals surface area contributed by atoms with E-state index in [4.69, 9.17) is 0 Å². The molecule has 0 radical (unpaired) electrons. The number of nitrogens with zero attached hydrogens (tertiary/aromatic N) is 1. The Morgan fingerprint density at radius 1 is 1.40 bits per heavy atom. The van der Waals surface area contributed by atoms with E-state index in [1.807, 2.05) is 30.0 Å². The van der Waals surface area contributed by atoms with E-state index in [1.165, 1.54) is 0 Å². The molecule has 4 nitrogen and oxygen atoms in total. The monoisotopic (exact) mass is 338 g/mol. The molecule has 2 rings (SSSR count). The summed E-state index contributed by atoms with van der Waals surface area (Å²) in [6.07, 6.45) is 1.53. The first-order valence-corrected chi connectivity index (χ1v) is 7.50. The minimum Gasteiger partial charge on any atom is -0.325 e. The number of rotatable bonds is 3. The van der Waals surface area contributed by atoms with Gasteiger partial charge >= 0.3 is 0 Å². The maximum absolute atomic E-state index is 11.9. The summed E-state index contributed by atoms with van der Waals surface area (Å²) in [4.78, 5) is 25.5. The highest BCUT2D eigenvalue weighted by Crippen LogP contribution is 2.28. The number of hydrogen-bond donors (Lipinski definition) is 1. The molecule has 2 amide bonds. The Hall–Kier alpha value is -1.36. The van der Waals surface area contributed by atoms with Crippen LogP contribution in [0.2, 0.25) is 0 Å². The molecule has 1 aliphatic heterocycles. The number of carbonyl (C=O) groups excluding carboxylic acids is 2. The van der Waals surface area contributed by atoms with Crippen molar-refractivity contribution in [3.8, 4) is 0 Å². The summed E-state index contributed by atoms with van der Waals surface area (Å²) in [6.45, 7) is 6.33. The van der Waals surface area contributed by atoms with Crippen LogP contribution < -0.4 is 10.2 Å². The van der Waals surface area contributed by atoms with Crippen LogP contribution in [0.1, 0.15) is 32.3 Å². The number of benzene rings is 1. The van der Waals surface area contributed by atoms with Crippen molar-refractivity contribution in [1.29, 1.82) is 0 Å². The summed E-state index contributed by atoms with van der Waals surface area (Å²) >= 11 is 3.33. The Bertz CT molecular complexity index is 549. The standard InChI is InChI=1S/C15H19BrN2O2/c1-10-9-11(17-14(20)15(2,3)16)6-7-12(10)18-8-4-5-13(18)19/h6-7,9H,4-5,8H2,1-3H3,(H,17,20). The largest absolute Gasteiger partial charge is 0.325 e. The van der Waals surface area contributed by atoms with Crippen molar-refractivity contribution < 1.29 is 9.59 Å². The smallest absolute Gasteiger partial charge is 0.240 e. The van der Waals surface area contributed by atoms with E-state index in [9.17, 15) is 9.59 Å². The zero-order valence-corrected chi connectivity index (χ0v) is 13.6. The topological polar surface area (TPSA) is 49.4 Å². The normalized spacial score (nSPS) is 15.6. The molecule has 1 aromatic rings. The SMILES string of the molecule is Cc1cc(NC(=O)C(C)(C)Br)ccc1N1CCCC1=O. The number of hydrogen-bond acceptors (Lipinski definition) is 2. The Morgan fingerprint density at radius 3 is 2.60 bits per heavy atom. The molecule has 0 atom stereocenters. The fourth-order valence-corrected chi connectivity index (χ4v) is 2.32. The Kier molecular flexibility index (Phi) is 4.18. The van der Waals surface area contributed by atoms with E-state index in [0.29, 0.717) is 6.42 Å². The number of amides is 2. The van der Waals surface area contributed by atoms with E-state index in [2.05, 4.69) is 21.2 Å². The Morgan fingerprint density at radius 2 is 2.10 bits per heavy atom. The molecule has 0 bridgehead atoms. The van der Waals surface area contributed by atoms with Gasteiger partial charge < -0.3 is 10.2 Å². The maximum Gasteiger partial charge on any atom is 0.240 e. The summed E-state index contributed by atoms with van der Waals surface area (Å²) in [5, 5.41) is 2.86. The summed E-state index contributed by atoms with van der Waals surface area (Å²) in [5.41, 5.74) is 2.67. The quantitative estimate of drug-likeness (QED) is 0.860. The molecule has 108 valence electrons. The lowest BCUT2D eigenvalue weighted by Gasteiger charge is -2.20. The van der Waals surface area contributed by atoms with Crippen LogP contribution in [0.15, 0.2) is 18.2 Å². The number of halogens is 1. The third-order valence-electron chi connectivity index (χ3n) is 3.36. The van der Waals surface area contributed by atoms with E-state index >= 15 is 0 Å². The van der Waals surface area contributed by atoms with Gasteiger partial charge in [0.1, 0.15) is 0 Å². The predicted molar refractivity (Wildman–Crippen MR) is 84.4 cm³/mol. The molecule has 0 spiro atoms. The first kappa shape index (κ1) is 15.0. The molecule has 1 saturated heterocycles. The van der Waals surface area contributed by atoms with Gasteiger partial charge in [0.25, 0.3) is 0 Å². The van der Waals surface area contributed by atoms with Crippen LogP contribution in [0.25, 0.3) is 0 Å². The van der Waals surface area contributed by atoms with Gasteiger partial charge in [0.15, 0.2) is 0 Å². The molecule has 1 fully saturated rings. The predicted octanol–water partition coefficient (Wildman–Crippen LogP) is 3.23. The fraction of sp³-hybridized carbons (Fsp3) is 0.467. The van der Waals surface area contributed by atoms with Crippen LogP contribution in [-0.4, -0.2) is 22.7 Å². The summed E-state index contributed by atoms with van der Waals surface area (Å²) in [6, 6.07) is 5.64. The molecular formula is C15H19BrN2O2. The third kappa shape index (κ3) is 3.20. The molecule has 0 aromatic heterocycles. The van der Waals surface area contributed by atoms with Gasteiger partial charge in [-0.05, 0) is 51.0 Å². The van der Waals surface area contributed by atoms with Crippen molar-refractivity contribution in [3.05, 3.63) is 23.8 Å². The van der Waals surface area contributed by atoms with Gasteiger partial charge in [-0.1, -0.05) is 15.9 Å². The highest BCUT2D eigenvalue weighted by Gasteiger charge is 2.25. The second-order valence-corrected chi connectivity index (χ2v) is 7.56. The lowest BCUT2D eigenvalue weighted by molar-refractivity contribution is -0.118. The lowest BCUT2D eigenvalue weighted by atomic mass is 10.1. The molecular weight excluding hydrogens is 320 g/mol. The zero-order chi connectivity index (χ0) is 14.9. The van der Waals surface area contributed by atoms with Crippen molar-refractivity contribution in [2.75, 3.05) is 16.8 Å². The zero-order valence-electron chi connectivity index (χ0n) is 12.0. The maximum atomic E-state index is 11.9. The number of nitrogens with one attached hydrogen (secondary N) is 1. The first-order valence-electron chi connectivity index (χ1n) is 6.70. The highest BCUT2D eigenvalue weighted by atomic mass is 79.9. The number of aryl methyl sites for hydroxylation is 1. The molecule has 0 aliphatic carbocycles. The third-order valence-corrected chi connectivity index (χ3v) is 3.72. The molecule has 1 N–H and O–H groups in total. The highest BCUT2D eigenvalue weighted by molar-refractivity contribution is 9.10. The van der Waals surface area contributed by atoms with Crippen LogP contribution in [0.3, 0.4) is 0 Å². The van der Waals surface area contributed by atoms with Crippen molar-refractivity contribution in [2.24, 2.45) is 0 Å². The fourth-order valence-electron chi connectivity index (χ4n) is 2.22. The van der Waals surface area contributed by atoms with Gasteiger partial charge in [-0.25, -0.2) is 0 Å². The Balaban J connectivity index is 2.18. The van der Waals surface area contributed by atoms with Crippen LogP contribution in [0.4, 0.5) is 11.4 Å². The van der Waals surface area contributed by atoms with Gasteiger partial charge in [-0.3, -0.25) is 9.59 Å². The number of carbonyl (C=O) groups is 2. The van der Waals surface area contributed by atoms with Gasteiger partial charge in [0.2, 0.25) is 11.8 Å². The second kappa shape index (κ2) is 5.56. The van der Waals surface area contributed by atoms with Crippen LogP contribution in [-0.2, 0) is 9.59 Å². The van der Waals surface area contributed by atoms with E-state index in [0.717, 1.165) is 29.9 Å². The molecule has 1 heterocycles. The molecule has 1 aliphatic rings. The minimum absolute atomic E-state index is 0.0955. The van der Waals surface area contributed by atoms with Crippen molar-refractivity contribution in [1.82, 2.24) is 0 Å². The van der Waals surface area contributed by atoms with Gasteiger partial charge in [-0.15, -0.1) is 0 Å². The van der Waals surface area contributed by atoms with Crippen LogP contribution >= 0.6 is 15.9 Å². The molecule has 5 heteroatoms. The van der Waals surface area contributed by atoms with Crippen molar-refractivity contribution in [3.63, 3.8) is 0 Å². The van der Waals surface area contributed by atoms with Gasteiger partial charge in [0.05, 0.1) is 4.32 Å². The first-order chi connectivity index (χ1) is 9.29. The molecule has 1 aromatic carbocycles. The van der Waals surface area contributed by atoms with E-state index in [-0.39, 0.29) is 11.8 Å². The average molecular weight is 339 g/mol. The van der Waals surface area contributed by atoms with Crippen molar-refractivity contribution in [2.45, 2.75) is 37.9 Å². The average Bonchev–Trinajstić information content (AvgIpc) is 2.74. The van der Waals surface area contributed by atoms with Crippen LogP contribution in [0, 0.1) is 6.92 Å².